The Labute approximate surface area is 107 Å². The highest BCUT2D eigenvalue weighted by Crippen LogP contribution is 2.10. The zero-order chi connectivity index (χ0) is 12.2. The van der Waals surface area contributed by atoms with Gasteiger partial charge in [-0.2, -0.15) is 0 Å². The normalized spacial score (nSPS) is 12.9. The van der Waals surface area contributed by atoms with Crippen LogP contribution in [-0.2, 0) is 15.8 Å². The molecule has 0 saturated heterocycles. The summed E-state index contributed by atoms with van der Waals surface area (Å²) in [6.07, 6.45) is 0. The van der Waals surface area contributed by atoms with Gasteiger partial charge in [-0.15, -0.1) is 12.4 Å². The Bertz CT molecular complexity index is 453. The fourth-order valence-electron chi connectivity index (χ4n) is 1.22. The predicted molar refractivity (Wildman–Crippen MR) is 67.9 cm³/mol. The molecule has 0 spiro atoms. The van der Waals surface area contributed by atoms with Crippen LogP contribution in [0.1, 0.15) is 12.5 Å². The van der Waals surface area contributed by atoms with Gasteiger partial charge in [0, 0.05) is 18.2 Å². The molecule has 0 bridgehead atoms. The molecule has 0 fully saturated rings. The highest BCUT2D eigenvalue weighted by atomic mass is 35.5. The molecule has 0 aromatic heterocycles. The van der Waals surface area contributed by atoms with Crippen molar-refractivity contribution in [1.82, 2.24) is 4.72 Å². The van der Waals surface area contributed by atoms with Crippen LogP contribution >= 0.6 is 12.4 Å². The second-order valence-electron chi connectivity index (χ2n) is 3.61. The monoisotopic (exact) mass is 282 g/mol. The lowest BCUT2D eigenvalue weighted by atomic mass is 10.2. The van der Waals surface area contributed by atoms with E-state index in [1.165, 1.54) is 18.2 Å². The molecule has 1 atom stereocenters. The van der Waals surface area contributed by atoms with Gasteiger partial charge in [0.25, 0.3) is 0 Å². The molecular weight excluding hydrogens is 267 g/mol. The quantitative estimate of drug-likeness (QED) is 0.847. The standard InChI is InChI=1S/C10H15FN2O2S.ClH/c1-8(6-12)13-16(14,15)7-9-4-2-3-5-10(9)11;/h2-5,8,13H,6-7,12H2,1H3;1H/t8-;/m0./s1. The fourth-order valence-corrected chi connectivity index (χ4v) is 2.65. The minimum absolute atomic E-state index is 0. The van der Waals surface area contributed by atoms with Crippen LogP contribution in [0.2, 0.25) is 0 Å². The average Bonchev–Trinajstić information content (AvgIpc) is 2.20. The first-order valence-electron chi connectivity index (χ1n) is 4.88. The summed E-state index contributed by atoms with van der Waals surface area (Å²) in [5.74, 6) is -0.891. The van der Waals surface area contributed by atoms with Crippen LogP contribution in [0, 0.1) is 5.82 Å². The van der Waals surface area contributed by atoms with Gasteiger partial charge >= 0.3 is 0 Å². The molecule has 0 amide bonds. The third kappa shape index (κ3) is 5.45. The number of sulfonamides is 1. The van der Waals surface area contributed by atoms with Gasteiger partial charge in [0.2, 0.25) is 10.0 Å². The molecule has 0 aliphatic heterocycles. The van der Waals surface area contributed by atoms with Gasteiger partial charge in [-0.3, -0.25) is 0 Å². The molecule has 0 saturated carbocycles. The molecule has 0 aliphatic carbocycles. The third-order valence-corrected chi connectivity index (χ3v) is 3.49. The van der Waals surface area contributed by atoms with Crippen LogP contribution in [0.25, 0.3) is 0 Å². The van der Waals surface area contributed by atoms with Gasteiger partial charge in [-0.05, 0) is 13.0 Å². The number of nitrogens with two attached hydrogens (primary N) is 1. The van der Waals surface area contributed by atoms with Crippen molar-refractivity contribution in [2.75, 3.05) is 6.54 Å². The first-order valence-corrected chi connectivity index (χ1v) is 6.53. The maximum atomic E-state index is 13.2. The van der Waals surface area contributed by atoms with E-state index in [1.54, 1.807) is 13.0 Å². The van der Waals surface area contributed by atoms with E-state index in [1.807, 2.05) is 0 Å². The smallest absolute Gasteiger partial charge is 0.216 e. The summed E-state index contributed by atoms with van der Waals surface area (Å²) < 4.78 is 38.8. The van der Waals surface area contributed by atoms with Crippen molar-refractivity contribution in [1.29, 1.82) is 0 Å². The number of halogens is 2. The zero-order valence-electron chi connectivity index (χ0n) is 9.39. The van der Waals surface area contributed by atoms with E-state index in [2.05, 4.69) is 4.72 Å². The van der Waals surface area contributed by atoms with Crippen molar-refractivity contribution in [2.45, 2.75) is 18.7 Å². The Kier molecular flexibility index (Phi) is 6.62. The summed E-state index contributed by atoms with van der Waals surface area (Å²) in [6.45, 7) is 1.86. The lowest BCUT2D eigenvalue weighted by Gasteiger charge is -2.12. The summed E-state index contributed by atoms with van der Waals surface area (Å²) in [7, 11) is -3.54. The second kappa shape index (κ2) is 6.90. The number of rotatable bonds is 5. The summed E-state index contributed by atoms with van der Waals surface area (Å²) >= 11 is 0. The topological polar surface area (TPSA) is 72.2 Å². The lowest BCUT2D eigenvalue weighted by molar-refractivity contribution is 0.557. The Morgan fingerprint density at radius 1 is 1.41 bits per heavy atom. The number of hydrogen-bond donors (Lipinski definition) is 2. The van der Waals surface area contributed by atoms with Gasteiger partial charge in [0.15, 0.2) is 0 Å². The summed E-state index contributed by atoms with van der Waals surface area (Å²) in [5, 5.41) is 0. The van der Waals surface area contributed by atoms with Crippen molar-refractivity contribution in [3.63, 3.8) is 0 Å². The molecule has 1 aromatic rings. The molecule has 1 aromatic carbocycles. The van der Waals surface area contributed by atoms with Gasteiger partial charge < -0.3 is 5.73 Å². The molecule has 4 nitrogen and oxygen atoms in total. The summed E-state index contributed by atoms with van der Waals surface area (Å²) in [6, 6.07) is 5.44. The van der Waals surface area contributed by atoms with Crippen LogP contribution in [0.5, 0.6) is 0 Å². The number of benzene rings is 1. The zero-order valence-corrected chi connectivity index (χ0v) is 11.0. The van der Waals surface area contributed by atoms with Gasteiger partial charge in [-0.25, -0.2) is 17.5 Å². The van der Waals surface area contributed by atoms with Crippen LogP contribution in [0.4, 0.5) is 4.39 Å². The Hall–Kier alpha value is -0.690. The average molecular weight is 283 g/mol. The van der Waals surface area contributed by atoms with Gasteiger partial charge in [0.05, 0.1) is 5.75 Å². The van der Waals surface area contributed by atoms with E-state index in [9.17, 15) is 12.8 Å². The number of hydrogen-bond acceptors (Lipinski definition) is 3. The Morgan fingerprint density at radius 2 is 2.00 bits per heavy atom. The largest absolute Gasteiger partial charge is 0.329 e. The molecule has 0 unspecified atom stereocenters. The van der Waals surface area contributed by atoms with Gasteiger partial charge in [-0.1, -0.05) is 18.2 Å². The van der Waals surface area contributed by atoms with E-state index in [-0.39, 0.29) is 36.3 Å². The van der Waals surface area contributed by atoms with Crippen LogP contribution in [0.15, 0.2) is 24.3 Å². The molecule has 0 aliphatic rings. The van der Waals surface area contributed by atoms with Crippen LogP contribution in [0.3, 0.4) is 0 Å². The molecule has 0 heterocycles. The summed E-state index contributed by atoms with van der Waals surface area (Å²) in [5.41, 5.74) is 5.45. The molecule has 98 valence electrons. The molecule has 0 radical (unpaired) electrons. The molecular formula is C10H16ClFN2O2S. The SMILES string of the molecule is C[C@@H](CN)NS(=O)(=O)Cc1ccccc1F.Cl. The van der Waals surface area contributed by atoms with Crippen molar-refractivity contribution >= 4 is 22.4 Å². The van der Waals surface area contributed by atoms with E-state index in [0.717, 1.165) is 0 Å². The van der Waals surface area contributed by atoms with Crippen molar-refractivity contribution in [3.8, 4) is 0 Å². The maximum absolute atomic E-state index is 13.2. The van der Waals surface area contributed by atoms with Crippen LogP contribution < -0.4 is 10.5 Å². The first kappa shape index (κ1) is 16.3. The maximum Gasteiger partial charge on any atom is 0.216 e. The van der Waals surface area contributed by atoms with Crippen LogP contribution in [-0.4, -0.2) is 21.0 Å². The highest BCUT2D eigenvalue weighted by Gasteiger charge is 2.16. The molecule has 17 heavy (non-hydrogen) atoms. The van der Waals surface area contributed by atoms with Crippen molar-refractivity contribution in [2.24, 2.45) is 5.73 Å². The first-order chi connectivity index (χ1) is 7.44. The minimum atomic E-state index is -3.54. The van der Waals surface area contributed by atoms with Gasteiger partial charge in [0.1, 0.15) is 5.82 Å². The van der Waals surface area contributed by atoms with E-state index >= 15 is 0 Å². The summed E-state index contributed by atoms with van der Waals surface area (Å²) in [4.78, 5) is 0. The Balaban J connectivity index is 0.00000256. The third-order valence-electron chi connectivity index (χ3n) is 2.04. The van der Waals surface area contributed by atoms with Crippen molar-refractivity contribution in [3.05, 3.63) is 35.6 Å². The molecule has 1 rings (SSSR count). The molecule has 7 heteroatoms. The lowest BCUT2D eigenvalue weighted by Crippen LogP contribution is -2.38. The number of nitrogens with one attached hydrogen (secondary N) is 1. The molecule has 3 N–H and O–H groups in total. The minimum Gasteiger partial charge on any atom is -0.329 e. The highest BCUT2D eigenvalue weighted by molar-refractivity contribution is 7.88. The predicted octanol–water partition coefficient (Wildman–Crippen LogP) is 1.01. The Morgan fingerprint density at radius 3 is 2.53 bits per heavy atom. The fraction of sp³-hybridized carbons (Fsp3) is 0.400. The van der Waals surface area contributed by atoms with E-state index in [4.69, 9.17) is 5.73 Å². The van der Waals surface area contributed by atoms with Crippen molar-refractivity contribution < 1.29 is 12.8 Å². The van der Waals surface area contributed by atoms with E-state index < -0.39 is 15.8 Å². The second-order valence-corrected chi connectivity index (χ2v) is 5.36. The van der Waals surface area contributed by atoms with E-state index in [0.29, 0.717) is 0 Å².